The Labute approximate surface area is 119 Å². The Kier molecular flexibility index (Phi) is 3.91. The first-order valence-corrected chi connectivity index (χ1v) is 7.01. The summed E-state index contributed by atoms with van der Waals surface area (Å²) in [5, 5.41) is 2.57. The van der Waals surface area contributed by atoms with E-state index >= 15 is 0 Å². The van der Waals surface area contributed by atoms with Crippen molar-refractivity contribution in [1.29, 1.82) is 0 Å². The highest BCUT2D eigenvalue weighted by Crippen LogP contribution is 2.22. The van der Waals surface area contributed by atoms with Crippen LogP contribution in [0.15, 0.2) is 12.1 Å². The number of hydrogen-bond acceptors (Lipinski definition) is 4. The average Bonchev–Trinajstić information content (AvgIpc) is 2.84. The Morgan fingerprint density at radius 2 is 2.16 bits per heavy atom. The number of imide groups is 1. The second-order valence-corrected chi connectivity index (χ2v) is 6.24. The first-order chi connectivity index (χ1) is 8.90. The monoisotopic (exact) mass is 300 g/mol. The summed E-state index contributed by atoms with van der Waals surface area (Å²) in [4.78, 5) is 37.2. The van der Waals surface area contributed by atoms with E-state index in [1.165, 1.54) is 4.90 Å². The van der Waals surface area contributed by atoms with Crippen LogP contribution in [0.25, 0.3) is 0 Å². The lowest BCUT2D eigenvalue weighted by atomic mass is 10.2. The fraction of sp³-hybridized carbons (Fsp3) is 0.417. The third-order valence-corrected chi connectivity index (χ3v) is 4.03. The van der Waals surface area contributed by atoms with Crippen molar-refractivity contribution in [3.63, 3.8) is 0 Å². The molecule has 1 N–H and O–H groups in total. The lowest BCUT2D eigenvalue weighted by molar-refractivity contribution is -0.140. The molecule has 1 aromatic rings. The Balaban J connectivity index is 2.07. The van der Waals surface area contributed by atoms with Crippen molar-refractivity contribution in [3.8, 4) is 0 Å². The highest BCUT2D eigenvalue weighted by molar-refractivity contribution is 7.18. The summed E-state index contributed by atoms with van der Waals surface area (Å²) in [6.45, 7) is 3.53. The van der Waals surface area contributed by atoms with Gasteiger partial charge in [-0.25, -0.2) is 0 Å². The molecule has 3 amide bonds. The molecule has 19 heavy (non-hydrogen) atoms. The van der Waals surface area contributed by atoms with E-state index in [1.54, 1.807) is 26.0 Å². The molecule has 5 nitrogen and oxygen atoms in total. The highest BCUT2D eigenvalue weighted by Gasteiger charge is 2.40. The minimum atomic E-state index is -0.775. The molecule has 102 valence electrons. The molecule has 0 radical (unpaired) electrons. The summed E-state index contributed by atoms with van der Waals surface area (Å²) in [7, 11) is 0. The van der Waals surface area contributed by atoms with E-state index in [4.69, 9.17) is 11.6 Å². The van der Waals surface area contributed by atoms with Gasteiger partial charge in [0.1, 0.15) is 6.04 Å². The molecule has 7 heteroatoms. The van der Waals surface area contributed by atoms with Gasteiger partial charge in [-0.1, -0.05) is 11.6 Å². The van der Waals surface area contributed by atoms with Gasteiger partial charge < -0.3 is 5.32 Å². The standard InChI is InChI=1S/C12H13ClN2O3S/c1-6(2)15-10(16)5-7(12(15)18)14-11(17)8-3-4-9(13)19-8/h3-4,6-7H,5H2,1-2H3,(H,14,17). The zero-order valence-corrected chi connectivity index (χ0v) is 12.0. The predicted octanol–water partition coefficient (Wildman–Crippen LogP) is 1.67. The largest absolute Gasteiger partial charge is 0.339 e. The lowest BCUT2D eigenvalue weighted by Gasteiger charge is -2.19. The van der Waals surface area contributed by atoms with E-state index in [1.807, 2.05) is 0 Å². The van der Waals surface area contributed by atoms with Crippen molar-refractivity contribution in [2.45, 2.75) is 32.4 Å². The van der Waals surface area contributed by atoms with Crippen LogP contribution in [0.3, 0.4) is 0 Å². The van der Waals surface area contributed by atoms with Crippen molar-refractivity contribution in [3.05, 3.63) is 21.3 Å². The van der Waals surface area contributed by atoms with Gasteiger partial charge in [0.2, 0.25) is 5.91 Å². The third kappa shape index (κ3) is 2.79. The minimum absolute atomic E-state index is 0.0157. The molecule has 1 aromatic heterocycles. The summed E-state index contributed by atoms with van der Waals surface area (Å²) in [6, 6.07) is 2.23. The van der Waals surface area contributed by atoms with Crippen molar-refractivity contribution >= 4 is 40.7 Å². The summed E-state index contributed by atoms with van der Waals surface area (Å²) >= 11 is 6.88. The van der Waals surface area contributed by atoms with Crippen LogP contribution < -0.4 is 5.32 Å². The predicted molar refractivity (Wildman–Crippen MR) is 72.2 cm³/mol. The van der Waals surface area contributed by atoms with Crippen molar-refractivity contribution in [2.75, 3.05) is 0 Å². The van der Waals surface area contributed by atoms with Crippen molar-refractivity contribution in [1.82, 2.24) is 10.2 Å². The van der Waals surface area contributed by atoms with Crippen LogP contribution in [0.2, 0.25) is 4.34 Å². The second-order valence-electron chi connectivity index (χ2n) is 4.53. The van der Waals surface area contributed by atoms with Gasteiger partial charge in [-0.15, -0.1) is 11.3 Å². The molecule has 1 aliphatic rings. The van der Waals surface area contributed by atoms with Crippen LogP contribution in [0.5, 0.6) is 0 Å². The number of amides is 3. The molecule has 1 saturated heterocycles. The summed E-state index contributed by atoms with van der Waals surface area (Å²) < 4.78 is 0.503. The molecule has 1 aliphatic heterocycles. The number of hydrogen-bond donors (Lipinski definition) is 1. The average molecular weight is 301 g/mol. The highest BCUT2D eigenvalue weighted by atomic mass is 35.5. The molecule has 0 bridgehead atoms. The van der Waals surface area contributed by atoms with Crippen LogP contribution in [0.4, 0.5) is 0 Å². The van der Waals surface area contributed by atoms with Gasteiger partial charge in [-0.2, -0.15) is 0 Å². The van der Waals surface area contributed by atoms with E-state index in [0.717, 1.165) is 11.3 Å². The molecule has 2 heterocycles. The van der Waals surface area contributed by atoms with Gasteiger partial charge in [0.05, 0.1) is 15.6 Å². The van der Waals surface area contributed by atoms with Crippen LogP contribution in [-0.2, 0) is 9.59 Å². The second kappa shape index (κ2) is 5.30. The molecular formula is C12H13ClN2O3S. The van der Waals surface area contributed by atoms with E-state index < -0.39 is 6.04 Å². The first kappa shape index (κ1) is 14.0. The number of rotatable bonds is 3. The maximum absolute atomic E-state index is 12.0. The van der Waals surface area contributed by atoms with E-state index in [-0.39, 0.29) is 30.2 Å². The summed E-state index contributed by atoms with van der Waals surface area (Å²) in [5.74, 6) is -0.987. The maximum atomic E-state index is 12.0. The van der Waals surface area contributed by atoms with Crippen molar-refractivity contribution < 1.29 is 14.4 Å². The van der Waals surface area contributed by atoms with Crippen LogP contribution in [0, 0.1) is 0 Å². The van der Waals surface area contributed by atoms with Crippen LogP contribution >= 0.6 is 22.9 Å². The van der Waals surface area contributed by atoms with Gasteiger partial charge in [-0.05, 0) is 26.0 Å². The molecule has 1 fully saturated rings. The van der Waals surface area contributed by atoms with Gasteiger partial charge in [0.15, 0.2) is 0 Å². The van der Waals surface area contributed by atoms with Crippen LogP contribution in [0.1, 0.15) is 29.9 Å². The maximum Gasteiger partial charge on any atom is 0.262 e. The molecule has 0 aromatic carbocycles. The number of nitrogens with zero attached hydrogens (tertiary/aromatic N) is 1. The molecular weight excluding hydrogens is 288 g/mol. The van der Waals surface area contributed by atoms with Gasteiger partial charge in [-0.3, -0.25) is 19.3 Å². The number of nitrogens with one attached hydrogen (secondary N) is 1. The number of thiophene rings is 1. The Morgan fingerprint density at radius 1 is 1.47 bits per heavy atom. The van der Waals surface area contributed by atoms with Gasteiger partial charge in [0, 0.05) is 6.04 Å². The summed E-state index contributed by atoms with van der Waals surface area (Å²) in [5.41, 5.74) is 0. The zero-order chi connectivity index (χ0) is 14.2. The zero-order valence-electron chi connectivity index (χ0n) is 10.5. The molecule has 0 saturated carbocycles. The fourth-order valence-electron chi connectivity index (χ4n) is 1.97. The Morgan fingerprint density at radius 3 is 2.63 bits per heavy atom. The quantitative estimate of drug-likeness (QED) is 0.864. The first-order valence-electron chi connectivity index (χ1n) is 5.82. The van der Waals surface area contributed by atoms with E-state index in [0.29, 0.717) is 9.21 Å². The Hall–Kier alpha value is -1.40. The minimum Gasteiger partial charge on any atom is -0.339 e. The number of likely N-dealkylation sites (tertiary alicyclic amines) is 1. The van der Waals surface area contributed by atoms with Gasteiger partial charge >= 0.3 is 0 Å². The topological polar surface area (TPSA) is 66.5 Å². The lowest BCUT2D eigenvalue weighted by Crippen LogP contribution is -2.43. The van der Waals surface area contributed by atoms with Crippen LogP contribution in [-0.4, -0.2) is 34.7 Å². The number of carbonyl (C=O) groups is 3. The molecule has 1 atom stereocenters. The Bertz CT molecular complexity index is 541. The number of halogens is 1. The molecule has 2 rings (SSSR count). The van der Waals surface area contributed by atoms with E-state index in [2.05, 4.69) is 5.32 Å². The third-order valence-electron chi connectivity index (χ3n) is 2.80. The SMILES string of the molecule is CC(C)N1C(=O)CC(NC(=O)c2ccc(Cl)s2)C1=O. The molecule has 0 aliphatic carbocycles. The van der Waals surface area contributed by atoms with Crippen molar-refractivity contribution in [2.24, 2.45) is 0 Å². The molecule has 1 unspecified atom stereocenters. The fourth-order valence-corrected chi connectivity index (χ4v) is 2.92. The molecule has 0 spiro atoms. The normalized spacial score (nSPS) is 19.4. The number of carbonyl (C=O) groups excluding carboxylic acids is 3. The smallest absolute Gasteiger partial charge is 0.262 e. The van der Waals surface area contributed by atoms with E-state index in [9.17, 15) is 14.4 Å². The van der Waals surface area contributed by atoms with Gasteiger partial charge in [0.25, 0.3) is 11.8 Å². The summed E-state index contributed by atoms with van der Waals surface area (Å²) in [6.07, 6.45) is 0.0157.